The number of aromatic nitrogens is 1. The van der Waals surface area contributed by atoms with Crippen LogP contribution in [-0.2, 0) is 16.0 Å². The molecule has 2 amide bonds. The minimum Gasteiger partial charge on any atom is -0.480 e. The van der Waals surface area contributed by atoms with Crippen LogP contribution in [0.4, 0.5) is 16.4 Å². The Hall–Kier alpha value is -3.68. The molecule has 0 radical (unpaired) electrons. The minimum absolute atomic E-state index is 0.00532. The number of hydrogen-bond donors (Lipinski definition) is 3. The Kier molecular flexibility index (Phi) is 5.58. The molecule has 0 bridgehead atoms. The predicted octanol–water partition coefficient (Wildman–Crippen LogP) is 1.49. The maximum Gasteiger partial charge on any atom is 0.415 e. The molecule has 10 nitrogen and oxygen atoms in total. The number of cyclic esters (lactones) is 1. The monoisotopic (exact) mass is 449 g/mol. The highest BCUT2D eigenvalue weighted by Crippen LogP contribution is 2.37. The topological polar surface area (TPSA) is 137 Å². The van der Waals surface area contributed by atoms with Crippen molar-refractivity contribution in [1.82, 2.24) is 10.3 Å². The molecule has 3 atom stereocenters. The zero-order valence-electron chi connectivity index (χ0n) is 17.8. The second-order valence-corrected chi connectivity index (χ2v) is 8.36. The second kappa shape index (κ2) is 8.69. The van der Waals surface area contributed by atoms with Gasteiger partial charge in [-0.2, -0.15) is 5.26 Å². The van der Waals surface area contributed by atoms with Crippen LogP contribution in [0.25, 0.3) is 0 Å². The summed E-state index contributed by atoms with van der Waals surface area (Å²) in [5.74, 6) is 0.843. The summed E-state index contributed by atoms with van der Waals surface area (Å²) >= 11 is 0. The number of nitrogens with zero attached hydrogens (tertiary/aromatic N) is 3. The maximum absolute atomic E-state index is 12.4. The van der Waals surface area contributed by atoms with Crippen molar-refractivity contribution in [2.75, 3.05) is 36.5 Å². The molecule has 1 aliphatic carbocycles. The SMILES string of the molecule is N#Cc1cccc2c1C(O)C(CNCCC1CN(c3ccc4c(n3)NC(=O)CO4)C(=O)O1)C2. The Labute approximate surface area is 190 Å². The van der Waals surface area contributed by atoms with Crippen LogP contribution >= 0.6 is 0 Å². The van der Waals surface area contributed by atoms with Gasteiger partial charge in [0, 0.05) is 18.0 Å². The normalized spacial score (nSPS) is 23.3. The molecule has 1 saturated heterocycles. The molecule has 1 aromatic carbocycles. The van der Waals surface area contributed by atoms with Crippen LogP contribution in [0, 0.1) is 17.2 Å². The van der Waals surface area contributed by atoms with Gasteiger partial charge in [-0.05, 0) is 43.1 Å². The lowest BCUT2D eigenvalue weighted by Gasteiger charge is -2.19. The van der Waals surface area contributed by atoms with Gasteiger partial charge in [-0.15, -0.1) is 0 Å². The summed E-state index contributed by atoms with van der Waals surface area (Å²) in [6, 6.07) is 11.0. The van der Waals surface area contributed by atoms with Crippen LogP contribution in [0.5, 0.6) is 5.75 Å². The first-order chi connectivity index (χ1) is 16.0. The Morgan fingerprint density at radius 2 is 2.18 bits per heavy atom. The quantitative estimate of drug-likeness (QED) is 0.564. The van der Waals surface area contributed by atoms with E-state index in [1.807, 2.05) is 12.1 Å². The lowest BCUT2D eigenvalue weighted by atomic mass is 10.0. The molecule has 2 aliphatic heterocycles. The molecule has 3 aliphatic rings. The summed E-state index contributed by atoms with van der Waals surface area (Å²) in [5, 5.41) is 25.9. The number of nitriles is 1. The molecule has 1 aromatic heterocycles. The van der Waals surface area contributed by atoms with E-state index in [-0.39, 0.29) is 30.4 Å². The van der Waals surface area contributed by atoms with Crippen molar-refractivity contribution in [3.8, 4) is 11.8 Å². The standard InChI is InChI=1S/C23H23N5O5/c24-9-14-3-1-2-13-8-15(21(30)20(13)14)10-25-7-6-16-11-28(23(31)33-16)18-5-4-17-22(26-18)27-19(29)12-32-17/h1-5,15-16,21,25,30H,6-8,10-12H2,(H,26,27,29). The van der Waals surface area contributed by atoms with Crippen molar-refractivity contribution in [2.45, 2.75) is 25.0 Å². The van der Waals surface area contributed by atoms with Crippen molar-refractivity contribution < 1.29 is 24.2 Å². The smallest absolute Gasteiger partial charge is 0.415 e. The van der Waals surface area contributed by atoms with Crippen LogP contribution in [0.15, 0.2) is 30.3 Å². The van der Waals surface area contributed by atoms with Gasteiger partial charge in [0.15, 0.2) is 18.2 Å². The van der Waals surface area contributed by atoms with Crippen molar-refractivity contribution in [3.63, 3.8) is 0 Å². The van der Waals surface area contributed by atoms with Crippen LogP contribution in [0.1, 0.15) is 29.2 Å². The third kappa shape index (κ3) is 4.08. The number of fused-ring (bicyclic) bond motifs is 2. The van der Waals surface area contributed by atoms with Crippen LogP contribution in [-0.4, -0.2) is 54.4 Å². The van der Waals surface area contributed by atoms with Crippen molar-refractivity contribution >= 4 is 23.6 Å². The molecule has 1 fully saturated rings. The van der Waals surface area contributed by atoms with Crippen molar-refractivity contribution in [2.24, 2.45) is 5.92 Å². The summed E-state index contributed by atoms with van der Waals surface area (Å²) in [6.45, 7) is 1.50. The number of amides is 2. The summed E-state index contributed by atoms with van der Waals surface area (Å²) < 4.78 is 10.8. The third-order valence-electron chi connectivity index (χ3n) is 6.20. The van der Waals surface area contributed by atoms with Crippen LogP contribution < -0.4 is 20.3 Å². The second-order valence-electron chi connectivity index (χ2n) is 8.36. The average Bonchev–Trinajstić information content (AvgIpc) is 3.35. The van der Waals surface area contributed by atoms with Gasteiger partial charge in [-0.25, -0.2) is 9.78 Å². The lowest BCUT2D eigenvalue weighted by molar-refractivity contribution is -0.118. The van der Waals surface area contributed by atoms with E-state index in [0.29, 0.717) is 43.2 Å². The van der Waals surface area contributed by atoms with E-state index >= 15 is 0 Å². The lowest BCUT2D eigenvalue weighted by Crippen LogP contribution is -2.30. The fraction of sp³-hybridized carbons (Fsp3) is 0.391. The van der Waals surface area contributed by atoms with E-state index in [1.54, 1.807) is 18.2 Å². The number of anilines is 2. The van der Waals surface area contributed by atoms with Gasteiger partial charge in [0.25, 0.3) is 5.91 Å². The number of rotatable bonds is 6. The average molecular weight is 449 g/mol. The van der Waals surface area contributed by atoms with E-state index in [0.717, 1.165) is 17.5 Å². The summed E-state index contributed by atoms with van der Waals surface area (Å²) in [4.78, 5) is 29.6. The summed E-state index contributed by atoms with van der Waals surface area (Å²) in [6.07, 6.45) is -0.129. The molecule has 5 rings (SSSR count). The summed E-state index contributed by atoms with van der Waals surface area (Å²) in [7, 11) is 0. The number of carbonyl (C=O) groups excluding carboxylic acids is 2. The van der Waals surface area contributed by atoms with E-state index in [1.165, 1.54) is 4.90 Å². The number of ether oxygens (including phenoxy) is 2. The molecular formula is C23H23N5O5. The fourth-order valence-electron chi connectivity index (χ4n) is 4.56. The fourth-order valence-corrected chi connectivity index (χ4v) is 4.56. The number of aliphatic hydroxyl groups is 1. The van der Waals surface area contributed by atoms with Gasteiger partial charge in [0.2, 0.25) is 0 Å². The first kappa shape index (κ1) is 21.2. The molecular weight excluding hydrogens is 426 g/mol. The zero-order valence-corrected chi connectivity index (χ0v) is 17.8. The van der Waals surface area contributed by atoms with E-state index in [9.17, 15) is 20.0 Å². The number of hydrogen-bond acceptors (Lipinski definition) is 8. The van der Waals surface area contributed by atoms with E-state index in [2.05, 4.69) is 21.7 Å². The van der Waals surface area contributed by atoms with Crippen molar-refractivity contribution in [1.29, 1.82) is 5.26 Å². The number of nitrogens with one attached hydrogen (secondary N) is 2. The van der Waals surface area contributed by atoms with Gasteiger partial charge < -0.3 is 25.2 Å². The maximum atomic E-state index is 12.4. The molecule has 170 valence electrons. The number of benzene rings is 1. The van der Waals surface area contributed by atoms with E-state index in [4.69, 9.17) is 9.47 Å². The summed E-state index contributed by atoms with van der Waals surface area (Å²) in [5.41, 5.74) is 2.29. The number of carbonyl (C=O) groups is 2. The zero-order chi connectivity index (χ0) is 22.9. The molecule has 3 N–H and O–H groups in total. The highest BCUT2D eigenvalue weighted by atomic mass is 16.6. The predicted molar refractivity (Wildman–Crippen MR) is 117 cm³/mol. The first-order valence-corrected chi connectivity index (χ1v) is 10.9. The van der Waals surface area contributed by atoms with Gasteiger partial charge in [-0.3, -0.25) is 9.69 Å². The Morgan fingerprint density at radius 1 is 1.30 bits per heavy atom. The minimum atomic E-state index is -0.664. The molecule has 33 heavy (non-hydrogen) atoms. The molecule has 3 unspecified atom stereocenters. The first-order valence-electron chi connectivity index (χ1n) is 10.9. The van der Waals surface area contributed by atoms with Crippen LogP contribution in [0.3, 0.4) is 0 Å². The Balaban J connectivity index is 1.12. The molecule has 0 saturated carbocycles. The van der Waals surface area contributed by atoms with Crippen LogP contribution in [0.2, 0.25) is 0 Å². The highest BCUT2D eigenvalue weighted by molar-refractivity contribution is 5.95. The molecule has 0 spiro atoms. The number of pyridine rings is 1. The Morgan fingerprint density at radius 3 is 3.03 bits per heavy atom. The molecule has 3 heterocycles. The van der Waals surface area contributed by atoms with E-state index < -0.39 is 12.2 Å². The van der Waals surface area contributed by atoms with Gasteiger partial charge in [0.1, 0.15) is 11.9 Å². The van der Waals surface area contributed by atoms with Gasteiger partial charge in [0.05, 0.1) is 24.3 Å². The molecule has 10 heteroatoms. The highest BCUT2D eigenvalue weighted by Gasteiger charge is 2.35. The largest absolute Gasteiger partial charge is 0.480 e. The van der Waals surface area contributed by atoms with Crippen molar-refractivity contribution in [3.05, 3.63) is 47.0 Å². The van der Waals surface area contributed by atoms with Gasteiger partial charge >= 0.3 is 6.09 Å². The Bertz CT molecular complexity index is 1150. The number of aliphatic hydroxyl groups excluding tert-OH is 1. The van der Waals surface area contributed by atoms with Gasteiger partial charge in [-0.1, -0.05) is 12.1 Å². The molecule has 2 aromatic rings. The third-order valence-corrected chi connectivity index (χ3v) is 6.20.